The molecule has 2 heterocycles. The number of halogens is 1. The highest BCUT2D eigenvalue weighted by Gasteiger charge is 2.19. The van der Waals surface area contributed by atoms with Gasteiger partial charge in [-0.05, 0) is 37.3 Å². The van der Waals surface area contributed by atoms with E-state index in [1.54, 1.807) is 28.9 Å². The Bertz CT molecular complexity index is 1130. The Hall–Kier alpha value is -3.18. The number of pyridine rings is 1. The molecule has 0 aliphatic carbocycles. The van der Waals surface area contributed by atoms with E-state index < -0.39 is 0 Å². The quantitative estimate of drug-likeness (QED) is 0.556. The summed E-state index contributed by atoms with van der Waals surface area (Å²) in [7, 11) is 1.83. The summed E-state index contributed by atoms with van der Waals surface area (Å²) >= 11 is 5.92. The molecule has 0 radical (unpaired) electrons. The number of fused-ring (bicyclic) bond motifs is 1. The Labute approximate surface area is 161 Å². The Morgan fingerprint density at radius 2 is 1.78 bits per heavy atom. The van der Waals surface area contributed by atoms with Gasteiger partial charge in [0.15, 0.2) is 5.65 Å². The third-order valence-corrected chi connectivity index (χ3v) is 4.64. The SMILES string of the molecule is Cc1nn(C)c2nc(-c3ccccc3)cc(C(=O)Nc3ccc(Cl)cc3)c12. The third-order valence-electron chi connectivity index (χ3n) is 4.38. The molecule has 0 aliphatic heterocycles. The predicted molar refractivity (Wildman–Crippen MR) is 108 cm³/mol. The Balaban J connectivity index is 1.85. The highest BCUT2D eigenvalue weighted by atomic mass is 35.5. The van der Waals surface area contributed by atoms with Gasteiger partial charge in [0, 0.05) is 23.3 Å². The van der Waals surface area contributed by atoms with E-state index in [9.17, 15) is 4.79 Å². The summed E-state index contributed by atoms with van der Waals surface area (Å²) in [5.41, 5.74) is 4.33. The van der Waals surface area contributed by atoms with Crippen molar-refractivity contribution in [2.45, 2.75) is 6.92 Å². The predicted octanol–water partition coefficient (Wildman–Crippen LogP) is 4.85. The highest BCUT2D eigenvalue weighted by Crippen LogP contribution is 2.27. The maximum atomic E-state index is 13.0. The Morgan fingerprint density at radius 3 is 2.48 bits per heavy atom. The van der Waals surface area contributed by atoms with Crippen LogP contribution in [0.5, 0.6) is 0 Å². The van der Waals surface area contributed by atoms with Gasteiger partial charge < -0.3 is 5.32 Å². The molecule has 4 aromatic rings. The number of carbonyl (C=O) groups is 1. The van der Waals surface area contributed by atoms with Crippen LogP contribution in [0.2, 0.25) is 5.02 Å². The second kappa shape index (κ2) is 6.85. The van der Waals surface area contributed by atoms with Crippen LogP contribution in [-0.4, -0.2) is 20.7 Å². The summed E-state index contributed by atoms with van der Waals surface area (Å²) in [6.07, 6.45) is 0. The number of anilines is 1. The molecule has 4 rings (SSSR count). The van der Waals surface area contributed by atoms with E-state index in [2.05, 4.69) is 10.4 Å². The molecule has 0 saturated heterocycles. The van der Waals surface area contributed by atoms with Gasteiger partial charge in [0.1, 0.15) is 0 Å². The highest BCUT2D eigenvalue weighted by molar-refractivity contribution is 6.30. The monoisotopic (exact) mass is 376 g/mol. The second-order valence-electron chi connectivity index (χ2n) is 6.29. The first kappa shape index (κ1) is 17.2. The van der Waals surface area contributed by atoms with E-state index >= 15 is 0 Å². The molecular weight excluding hydrogens is 360 g/mol. The maximum absolute atomic E-state index is 13.0. The van der Waals surface area contributed by atoms with E-state index in [0.717, 1.165) is 22.3 Å². The molecule has 5 nitrogen and oxygen atoms in total. The number of nitrogens with one attached hydrogen (secondary N) is 1. The van der Waals surface area contributed by atoms with Crippen LogP contribution in [0, 0.1) is 6.92 Å². The Kier molecular flexibility index (Phi) is 4.38. The largest absolute Gasteiger partial charge is 0.322 e. The number of hydrogen-bond acceptors (Lipinski definition) is 3. The summed E-state index contributed by atoms with van der Waals surface area (Å²) in [4.78, 5) is 17.8. The standard InChI is InChI=1S/C21H17ClN4O/c1-13-19-17(21(27)23-16-10-8-15(22)9-11-16)12-18(14-6-4-3-5-7-14)24-20(19)26(2)25-13/h3-12H,1-2H3,(H,23,27). The zero-order valence-corrected chi connectivity index (χ0v) is 15.7. The van der Waals surface area contributed by atoms with Gasteiger partial charge in [-0.1, -0.05) is 41.9 Å². The van der Waals surface area contributed by atoms with Crippen LogP contribution in [0.3, 0.4) is 0 Å². The van der Waals surface area contributed by atoms with Gasteiger partial charge in [-0.3, -0.25) is 9.48 Å². The van der Waals surface area contributed by atoms with Crippen molar-refractivity contribution in [3.8, 4) is 11.3 Å². The van der Waals surface area contributed by atoms with E-state index in [1.807, 2.05) is 50.4 Å². The van der Waals surface area contributed by atoms with E-state index in [0.29, 0.717) is 21.9 Å². The van der Waals surface area contributed by atoms with Crippen molar-refractivity contribution in [1.29, 1.82) is 0 Å². The summed E-state index contributed by atoms with van der Waals surface area (Å²) in [6, 6.07) is 18.6. The number of rotatable bonds is 3. The molecule has 134 valence electrons. The van der Waals surface area contributed by atoms with E-state index in [1.165, 1.54) is 0 Å². The number of aryl methyl sites for hydroxylation is 2. The lowest BCUT2D eigenvalue weighted by atomic mass is 10.0. The van der Waals surface area contributed by atoms with Crippen molar-refractivity contribution in [2.75, 3.05) is 5.32 Å². The first-order valence-corrected chi connectivity index (χ1v) is 8.87. The molecule has 1 amide bonds. The van der Waals surface area contributed by atoms with E-state index in [4.69, 9.17) is 16.6 Å². The van der Waals surface area contributed by atoms with Crippen LogP contribution >= 0.6 is 11.6 Å². The second-order valence-corrected chi connectivity index (χ2v) is 6.73. The molecule has 0 spiro atoms. The van der Waals surface area contributed by atoms with Crippen LogP contribution in [0.15, 0.2) is 60.7 Å². The van der Waals surface area contributed by atoms with Crippen molar-refractivity contribution < 1.29 is 4.79 Å². The van der Waals surface area contributed by atoms with Crippen molar-refractivity contribution in [3.63, 3.8) is 0 Å². The topological polar surface area (TPSA) is 59.8 Å². The minimum atomic E-state index is -0.210. The third kappa shape index (κ3) is 3.29. The van der Waals surface area contributed by atoms with Crippen LogP contribution in [-0.2, 0) is 7.05 Å². The van der Waals surface area contributed by atoms with Crippen molar-refractivity contribution >= 4 is 34.2 Å². The molecule has 1 N–H and O–H groups in total. The molecule has 0 atom stereocenters. The summed E-state index contributed by atoms with van der Waals surface area (Å²) in [6.45, 7) is 1.88. The molecular formula is C21H17ClN4O. The number of carbonyl (C=O) groups excluding carboxylic acids is 1. The zero-order chi connectivity index (χ0) is 19.0. The molecule has 0 fully saturated rings. The van der Waals surface area contributed by atoms with Crippen LogP contribution in [0.4, 0.5) is 5.69 Å². The summed E-state index contributed by atoms with van der Waals surface area (Å²) in [5.74, 6) is -0.210. The number of aromatic nitrogens is 3. The van der Waals surface area contributed by atoms with Gasteiger partial charge >= 0.3 is 0 Å². The number of benzene rings is 2. The van der Waals surface area contributed by atoms with Gasteiger partial charge in [0.2, 0.25) is 0 Å². The fraction of sp³-hybridized carbons (Fsp3) is 0.0952. The fourth-order valence-corrected chi connectivity index (χ4v) is 3.24. The molecule has 6 heteroatoms. The van der Waals surface area contributed by atoms with Gasteiger partial charge in [0.05, 0.1) is 22.3 Å². The minimum absolute atomic E-state index is 0.210. The first-order chi connectivity index (χ1) is 13.0. The minimum Gasteiger partial charge on any atom is -0.322 e. The lowest BCUT2D eigenvalue weighted by Gasteiger charge is -2.09. The fourth-order valence-electron chi connectivity index (χ4n) is 3.11. The molecule has 27 heavy (non-hydrogen) atoms. The maximum Gasteiger partial charge on any atom is 0.256 e. The molecule has 0 bridgehead atoms. The van der Waals surface area contributed by atoms with Crippen LogP contribution in [0.25, 0.3) is 22.3 Å². The van der Waals surface area contributed by atoms with E-state index in [-0.39, 0.29) is 5.91 Å². The first-order valence-electron chi connectivity index (χ1n) is 8.49. The normalized spacial score (nSPS) is 10.9. The van der Waals surface area contributed by atoms with Crippen molar-refractivity contribution in [2.24, 2.45) is 7.05 Å². The van der Waals surface area contributed by atoms with Crippen molar-refractivity contribution in [1.82, 2.24) is 14.8 Å². The summed E-state index contributed by atoms with van der Waals surface area (Å²) < 4.78 is 1.70. The summed E-state index contributed by atoms with van der Waals surface area (Å²) in [5, 5.41) is 8.75. The lowest BCUT2D eigenvalue weighted by molar-refractivity contribution is 0.102. The average molecular weight is 377 g/mol. The zero-order valence-electron chi connectivity index (χ0n) is 14.9. The average Bonchev–Trinajstić information content (AvgIpc) is 2.97. The molecule has 0 unspecified atom stereocenters. The van der Waals surface area contributed by atoms with Gasteiger partial charge in [-0.2, -0.15) is 5.10 Å². The number of amides is 1. The van der Waals surface area contributed by atoms with Crippen molar-refractivity contribution in [3.05, 3.63) is 76.9 Å². The molecule has 0 saturated carbocycles. The van der Waals surface area contributed by atoms with Gasteiger partial charge in [-0.25, -0.2) is 4.98 Å². The molecule has 0 aliphatic rings. The van der Waals surface area contributed by atoms with Gasteiger partial charge in [-0.15, -0.1) is 0 Å². The number of nitrogens with zero attached hydrogens (tertiary/aromatic N) is 3. The number of hydrogen-bond donors (Lipinski definition) is 1. The van der Waals surface area contributed by atoms with Crippen LogP contribution in [0.1, 0.15) is 16.1 Å². The molecule has 2 aromatic carbocycles. The van der Waals surface area contributed by atoms with Crippen LogP contribution < -0.4 is 5.32 Å². The molecule has 2 aromatic heterocycles. The smallest absolute Gasteiger partial charge is 0.256 e. The van der Waals surface area contributed by atoms with Gasteiger partial charge in [0.25, 0.3) is 5.91 Å². The lowest BCUT2D eigenvalue weighted by Crippen LogP contribution is -2.13. The Morgan fingerprint density at radius 1 is 1.07 bits per heavy atom.